The fourth-order valence-corrected chi connectivity index (χ4v) is 0. The number of rotatable bonds is 2. The Labute approximate surface area is 56.1 Å². The van der Waals surface area contributed by atoms with Gasteiger partial charge in [-0.05, 0) is 13.6 Å². The summed E-state index contributed by atoms with van der Waals surface area (Å²) in [4.78, 5) is 9.37. The Morgan fingerprint density at radius 1 is 1.56 bits per heavy atom. The van der Waals surface area contributed by atoms with E-state index in [1.807, 2.05) is 7.05 Å². The molecule has 0 radical (unpaired) electrons. The summed E-state index contributed by atoms with van der Waals surface area (Å²) in [5.74, 6) is -0.745. The average Bonchev–Trinajstić information content (AvgIpc) is 1.89. The van der Waals surface area contributed by atoms with E-state index >= 15 is 0 Å². The monoisotopic (exact) mass is 133 g/mol. The van der Waals surface area contributed by atoms with Crippen LogP contribution in [-0.2, 0) is 4.79 Å². The highest BCUT2D eigenvalue weighted by Gasteiger charge is 1.80. The first-order chi connectivity index (χ1) is 4.18. The van der Waals surface area contributed by atoms with Crippen molar-refractivity contribution in [3.63, 3.8) is 0 Å². The van der Waals surface area contributed by atoms with Crippen molar-refractivity contribution in [3.05, 3.63) is 0 Å². The van der Waals surface area contributed by atoms with Crippen LogP contribution in [-0.4, -0.2) is 24.7 Å². The van der Waals surface area contributed by atoms with Gasteiger partial charge >= 0.3 is 5.97 Å². The van der Waals surface area contributed by atoms with Gasteiger partial charge in [0.2, 0.25) is 0 Å². The van der Waals surface area contributed by atoms with E-state index in [0.29, 0.717) is 0 Å². The van der Waals surface area contributed by atoms with E-state index in [4.69, 9.17) is 5.11 Å². The number of hydrogen-bond donors (Lipinski definition) is 2. The van der Waals surface area contributed by atoms with Crippen LogP contribution in [0.4, 0.5) is 0 Å². The van der Waals surface area contributed by atoms with Crippen molar-refractivity contribution in [1.29, 1.82) is 0 Å². The third-order valence-corrected chi connectivity index (χ3v) is 0.656. The summed E-state index contributed by atoms with van der Waals surface area (Å²) in [6, 6.07) is 0. The third kappa shape index (κ3) is 37.1. The first-order valence-corrected chi connectivity index (χ1v) is 3.05. The van der Waals surface area contributed by atoms with Crippen LogP contribution in [0.1, 0.15) is 20.3 Å². The van der Waals surface area contributed by atoms with Crippen molar-refractivity contribution in [2.75, 3.05) is 13.6 Å². The quantitative estimate of drug-likeness (QED) is 0.583. The summed E-state index contributed by atoms with van der Waals surface area (Å²) in [7, 11) is 1.93. The second-order valence-electron chi connectivity index (χ2n) is 1.45. The number of hydrogen-bond acceptors (Lipinski definition) is 2. The molecule has 0 atom stereocenters. The molecule has 0 spiro atoms. The van der Waals surface area contributed by atoms with Gasteiger partial charge < -0.3 is 10.4 Å². The molecule has 0 aromatic heterocycles. The van der Waals surface area contributed by atoms with E-state index in [1.165, 1.54) is 0 Å². The first kappa shape index (κ1) is 11.3. The Balaban J connectivity index is 0. The molecule has 0 aliphatic carbocycles. The van der Waals surface area contributed by atoms with E-state index < -0.39 is 5.97 Å². The summed E-state index contributed by atoms with van der Waals surface area (Å²) in [5, 5.41) is 10.7. The van der Waals surface area contributed by atoms with Gasteiger partial charge in [-0.1, -0.05) is 13.8 Å². The molecular formula is C6H15NO2. The summed E-state index contributed by atoms with van der Waals surface area (Å²) in [6.45, 7) is 4.74. The van der Waals surface area contributed by atoms with Gasteiger partial charge in [0.1, 0.15) is 0 Å². The van der Waals surface area contributed by atoms with Crippen molar-refractivity contribution < 1.29 is 9.90 Å². The zero-order valence-corrected chi connectivity index (χ0v) is 6.27. The lowest BCUT2D eigenvalue weighted by Gasteiger charge is -1.76. The average molecular weight is 133 g/mol. The van der Waals surface area contributed by atoms with E-state index in [2.05, 4.69) is 12.2 Å². The summed E-state index contributed by atoms with van der Waals surface area (Å²) in [5.41, 5.74) is 0. The van der Waals surface area contributed by atoms with Crippen LogP contribution in [0.3, 0.4) is 0 Å². The van der Waals surface area contributed by atoms with E-state index in [0.717, 1.165) is 6.54 Å². The van der Waals surface area contributed by atoms with Gasteiger partial charge in [-0.25, -0.2) is 0 Å². The number of carboxylic acids is 1. The highest BCUT2D eigenvalue weighted by atomic mass is 16.4. The minimum atomic E-state index is -0.745. The molecular weight excluding hydrogens is 118 g/mol. The SMILES string of the molecule is CCC(=O)O.CCNC. The molecule has 0 saturated heterocycles. The van der Waals surface area contributed by atoms with Crippen molar-refractivity contribution in [1.82, 2.24) is 5.32 Å². The second-order valence-corrected chi connectivity index (χ2v) is 1.45. The molecule has 0 fully saturated rings. The zero-order chi connectivity index (χ0) is 7.70. The summed E-state index contributed by atoms with van der Waals surface area (Å²) in [6.07, 6.45) is 0.222. The zero-order valence-electron chi connectivity index (χ0n) is 6.27. The Hall–Kier alpha value is -0.570. The molecule has 0 rings (SSSR count). The Morgan fingerprint density at radius 3 is 1.78 bits per heavy atom. The molecule has 0 heterocycles. The smallest absolute Gasteiger partial charge is 0.303 e. The molecule has 2 N–H and O–H groups in total. The third-order valence-electron chi connectivity index (χ3n) is 0.656. The Kier molecular flexibility index (Phi) is 13.0. The van der Waals surface area contributed by atoms with Crippen LogP contribution in [0.15, 0.2) is 0 Å². The molecule has 3 nitrogen and oxygen atoms in total. The maximum absolute atomic E-state index is 9.37. The minimum Gasteiger partial charge on any atom is -0.481 e. The number of aliphatic carboxylic acids is 1. The van der Waals surface area contributed by atoms with Gasteiger partial charge in [-0.3, -0.25) is 4.79 Å². The molecule has 0 aliphatic rings. The Morgan fingerprint density at radius 2 is 1.78 bits per heavy atom. The fraction of sp³-hybridized carbons (Fsp3) is 0.833. The van der Waals surface area contributed by atoms with Crippen molar-refractivity contribution >= 4 is 5.97 Å². The summed E-state index contributed by atoms with van der Waals surface area (Å²) < 4.78 is 0. The molecule has 0 aromatic rings. The predicted octanol–water partition coefficient (Wildman–Crippen LogP) is 0.707. The van der Waals surface area contributed by atoms with Crippen LogP contribution >= 0.6 is 0 Å². The van der Waals surface area contributed by atoms with Crippen molar-refractivity contribution in [3.8, 4) is 0 Å². The van der Waals surface area contributed by atoms with Gasteiger partial charge in [0.05, 0.1) is 0 Å². The van der Waals surface area contributed by atoms with Gasteiger partial charge in [-0.15, -0.1) is 0 Å². The molecule has 0 amide bonds. The number of nitrogens with one attached hydrogen (secondary N) is 1. The Bertz CT molecular complexity index is 62.1. The maximum Gasteiger partial charge on any atom is 0.303 e. The second kappa shape index (κ2) is 10.4. The first-order valence-electron chi connectivity index (χ1n) is 3.05. The highest BCUT2D eigenvalue weighted by molar-refractivity contribution is 5.66. The minimum absolute atomic E-state index is 0.222. The predicted molar refractivity (Wildman–Crippen MR) is 37.5 cm³/mol. The molecule has 0 saturated carbocycles. The van der Waals surface area contributed by atoms with Crippen LogP contribution in [0.2, 0.25) is 0 Å². The van der Waals surface area contributed by atoms with Gasteiger partial charge in [-0.2, -0.15) is 0 Å². The molecule has 0 unspecified atom stereocenters. The van der Waals surface area contributed by atoms with Gasteiger partial charge in [0.25, 0.3) is 0 Å². The van der Waals surface area contributed by atoms with Gasteiger partial charge in [0.15, 0.2) is 0 Å². The normalized spacial score (nSPS) is 7.44. The lowest BCUT2D eigenvalue weighted by atomic mass is 10.5. The molecule has 0 bridgehead atoms. The van der Waals surface area contributed by atoms with Crippen LogP contribution in [0.25, 0.3) is 0 Å². The molecule has 56 valence electrons. The van der Waals surface area contributed by atoms with Crippen LogP contribution in [0.5, 0.6) is 0 Å². The number of carboxylic acid groups (broad SMARTS) is 1. The molecule has 3 heteroatoms. The molecule has 9 heavy (non-hydrogen) atoms. The topological polar surface area (TPSA) is 49.3 Å². The summed E-state index contributed by atoms with van der Waals surface area (Å²) >= 11 is 0. The highest BCUT2D eigenvalue weighted by Crippen LogP contribution is 1.67. The van der Waals surface area contributed by atoms with E-state index in [9.17, 15) is 4.79 Å². The van der Waals surface area contributed by atoms with Crippen LogP contribution in [0, 0.1) is 0 Å². The number of carbonyl (C=O) groups is 1. The van der Waals surface area contributed by atoms with Crippen LogP contribution < -0.4 is 5.32 Å². The molecule has 0 aromatic carbocycles. The lowest BCUT2D eigenvalue weighted by Crippen LogP contribution is -2.01. The van der Waals surface area contributed by atoms with Gasteiger partial charge in [0, 0.05) is 6.42 Å². The van der Waals surface area contributed by atoms with Crippen molar-refractivity contribution in [2.45, 2.75) is 20.3 Å². The standard InChI is InChI=1S/C3H9N.C3H6O2/c1-3-4-2;1-2-3(4)5/h4H,3H2,1-2H3;2H2,1H3,(H,4,5). The van der Waals surface area contributed by atoms with Crippen molar-refractivity contribution in [2.24, 2.45) is 0 Å². The fourth-order valence-electron chi connectivity index (χ4n) is 0. The molecule has 0 aliphatic heterocycles. The lowest BCUT2D eigenvalue weighted by molar-refractivity contribution is -0.136. The maximum atomic E-state index is 9.37. The largest absolute Gasteiger partial charge is 0.481 e. The van der Waals surface area contributed by atoms with E-state index in [1.54, 1.807) is 6.92 Å². The van der Waals surface area contributed by atoms with E-state index in [-0.39, 0.29) is 6.42 Å².